The number of alkyl halides is 3. The highest BCUT2D eigenvalue weighted by Gasteiger charge is 2.28. The second-order valence-electron chi connectivity index (χ2n) is 6.83. The number of nitrogens with zero attached hydrogens (tertiary/aromatic N) is 1. The molecule has 0 saturated heterocycles. The molecule has 1 atom stereocenters. The van der Waals surface area contributed by atoms with E-state index in [4.69, 9.17) is 0 Å². The van der Waals surface area contributed by atoms with E-state index < -0.39 is 23.6 Å². The Morgan fingerprint density at radius 2 is 1.78 bits per heavy atom. The summed E-state index contributed by atoms with van der Waals surface area (Å²) in [5, 5.41) is 6.24. The zero-order valence-electron chi connectivity index (χ0n) is 16.2. The van der Waals surface area contributed by atoms with Crippen molar-refractivity contribution in [2.75, 3.05) is 25.4 Å². The molecule has 1 rings (SSSR count). The van der Waals surface area contributed by atoms with Crippen LogP contribution < -0.4 is 15.4 Å². The summed E-state index contributed by atoms with van der Waals surface area (Å²) in [6, 6.07) is 6.33. The summed E-state index contributed by atoms with van der Waals surface area (Å²) in [4.78, 5) is 4.43. The third-order valence-electron chi connectivity index (χ3n) is 3.35. The normalized spacial score (nSPS) is 14.0. The van der Waals surface area contributed by atoms with Gasteiger partial charge in [0, 0.05) is 34.4 Å². The van der Waals surface area contributed by atoms with E-state index in [0.29, 0.717) is 31.3 Å². The molecule has 2 N–H and O–H groups in total. The monoisotopic (exact) mass is 407 g/mol. The van der Waals surface area contributed by atoms with Crippen molar-refractivity contribution in [2.24, 2.45) is 4.99 Å². The summed E-state index contributed by atoms with van der Waals surface area (Å²) >= 11 is 0. The molecular weight excluding hydrogens is 379 g/mol. The van der Waals surface area contributed by atoms with E-state index in [-0.39, 0.29) is 10.5 Å². The summed E-state index contributed by atoms with van der Waals surface area (Å²) in [5.41, 5.74) is 0.838. The molecule has 0 amide bonds. The highest BCUT2D eigenvalue weighted by molar-refractivity contribution is 7.86. The predicted octanol–water partition coefficient (Wildman–Crippen LogP) is 3.23. The maximum Gasteiger partial charge on any atom is 0.422 e. The topological polar surface area (TPSA) is 62.7 Å². The van der Waals surface area contributed by atoms with Gasteiger partial charge in [-0.15, -0.1) is 0 Å². The fourth-order valence-electron chi connectivity index (χ4n) is 1.94. The number of halogens is 3. The Balaban J connectivity index is 2.55. The van der Waals surface area contributed by atoms with E-state index in [1.54, 1.807) is 12.1 Å². The van der Waals surface area contributed by atoms with Crippen LogP contribution in [0.1, 0.15) is 33.3 Å². The molecule has 0 aliphatic carbocycles. The van der Waals surface area contributed by atoms with Crippen molar-refractivity contribution in [3.63, 3.8) is 0 Å². The summed E-state index contributed by atoms with van der Waals surface area (Å²) in [5.74, 6) is 1.27. The van der Waals surface area contributed by atoms with Gasteiger partial charge in [-0.05, 0) is 45.4 Å². The lowest BCUT2D eigenvalue weighted by molar-refractivity contribution is -0.153. The molecule has 0 spiro atoms. The largest absolute Gasteiger partial charge is 0.484 e. The summed E-state index contributed by atoms with van der Waals surface area (Å²) in [6.45, 7) is 8.00. The first-order valence-electron chi connectivity index (χ1n) is 8.70. The Hall–Kier alpha value is -1.77. The van der Waals surface area contributed by atoms with Gasteiger partial charge in [-0.3, -0.25) is 4.21 Å². The number of guanidine groups is 1. The van der Waals surface area contributed by atoms with Crippen LogP contribution in [0.3, 0.4) is 0 Å². The second kappa shape index (κ2) is 10.5. The first-order chi connectivity index (χ1) is 12.5. The lowest BCUT2D eigenvalue weighted by Gasteiger charge is -2.18. The van der Waals surface area contributed by atoms with Crippen LogP contribution in [0.15, 0.2) is 29.3 Å². The van der Waals surface area contributed by atoms with Crippen LogP contribution >= 0.6 is 0 Å². The van der Waals surface area contributed by atoms with E-state index in [2.05, 4.69) is 20.4 Å². The zero-order chi connectivity index (χ0) is 20.5. The zero-order valence-corrected chi connectivity index (χ0v) is 17.0. The smallest absolute Gasteiger partial charge is 0.422 e. The molecule has 154 valence electrons. The van der Waals surface area contributed by atoms with Gasteiger partial charge in [0.05, 0.1) is 6.54 Å². The van der Waals surface area contributed by atoms with Crippen molar-refractivity contribution in [1.82, 2.24) is 10.6 Å². The number of benzene rings is 1. The number of hydrogen-bond donors (Lipinski definition) is 2. The number of nitrogens with one attached hydrogen (secondary N) is 2. The molecule has 5 nitrogen and oxygen atoms in total. The minimum absolute atomic E-state index is 0.162. The summed E-state index contributed by atoms with van der Waals surface area (Å²) in [7, 11) is -0.948. The minimum atomic E-state index is -4.36. The van der Waals surface area contributed by atoms with Crippen LogP contribution in [0.2, 0.25) is 0 Å². The quantitative estimate of drug-likeness (QED) is 0.513. The standard InChI is InChI=1S/C18H28F3N3O2S/c1-5-22-16(23-10-11-27(25)17(2,3)4)24-12-14-6-8-15(9-7-14)26-13-18(19,20)21/h6-9H,5,10-13H2,1-4H3,(H2,22,23,24). The van der Waals surface area contributed by atoms with Crippen molar-refractivity contribution in [1.29, 1.82) is 0 Å². The van der Waals surface area contributed by atoms with Crippen LogP contribution in [0.5, 0.6) is 5.75 Å². The number of aliphatic imine (C=N–C) groups is 1. The van der Waals surface area contributed by atoms with Crippen LogP contribution in [0.25, 0.3) is 0 Å². The van der Waals surface area contributed by atoms with Gasteiger partial charge in [-0.2, -0.15) is 13.2 Å². The fourth-order valence-corrected chi connectivity index (χ4v) is 2.84. The van der Waals surface area contributed by atoms with Gasteiger partial charge >= 0.3 is 6.18 Å². The van der Waals surface area contributed by atoms with Crippen molar-refractivity contribution in [2.45, 2.75) is 45.2 Å². The predicted molar refractivity (Wildman–Crippen MR) is 104 cm³/mol. The van der Waals surface area contributed by atoms with Crippen LogP contribution in [-0.4, -0.2) is 46.5 Å². The number of rotatable bonds is 8. The molecule has 0 aliphatic heterocycles. The molecule has 0 radical (unpaired) electrons. The highest BCUT2D eigenvalue weighted by atomic mass is 32.2. The maximum absolute atomic E-state index is 12.1. The Morgan fingerprint density at radius 3 is 2.30 bits per heavy atom. The molecule has 0 aromatic heterocycles. The molecule has 1 aromatic rings. The van der Waals surface area contributed by atoms with Crippen LogP contribution in [0, 0.1) is 0 Å². The van der Waals surface area contributed by atoms with Gasteiger partial charge in [0.25, 0.3) is 0 Å². The third kappa shape index (κ3) is 10.2. The van der Waals surface area contributed by atoms with E-state index in [0.717, 1.165) is 5.56 Å². The van der Waals surface area contributed by atoms with E-state index in [9.17, 15) is 17.4 Å². The van der Waals surface area contributed by atoms with Crippen molar-refractivity contribution in [3.05, 3.63) is 29.8 Å². The van der Waals surface area contributed by atoms with Gasteiger partial charge in [0.15, 0.2) is 12.6 Å². The average molecular weight is 408 g/mol. The first-order valence-corrected chi connectivity index (χ1v) is 10.0. The molecule has 1 unspecified atom stereocenters. The van der Waals surface area contributed by atoms with E-state index in [1.165, 1.54) is 12.1 Å². The van der Waals surface area contributed by atoms with E-state index >= 15 is 0 Å². The third-order valence-corrected chi connectivity index (χ3v) is 5.29. The SMILES string of the molecule is CCNC(=NCc1ccc(OCC(F)(F)F)cc1)NCCS(=O)C(C)(C)C. The Kier molecular flexibility index (Phi) is 9.08. The van der Waals surface area contributed by atoms with Crippen molar-refractivity contribution in [3.8, 4) is 5.75 Å². The van der Waals surface area contributed by atoms with Crippen molar-refractivity contribution >= 4 is 16.8 Å². The summed E-state index contributed by atoms with van der Waals surface area (Å²) in [6.07, 6.45) is -4.36. The van der Waals surface area contributed by atoms with E-state index in [1.807, 2.05) is 27.7 Å². The molecule has 0 bridgehead atoms. The van der Waals surface area contributed by atoms with Crippen LogP contribution in [0.4, 0.5) is 13.2 Å². The molecule has 27 heavy (non-hydrogen) atoms. The van der Waals surface area contributed by atoms with Crippen molar-refractivity contribution < 1.29 is 22.1 Å². The Bertz CT molecular complexity index is 626. The molecule has 0 fully saturated rings. The fraction of sp³-hybridized carbons (Fsp3) is 0.611. The molecule has 0 aliphatic rings. The van der Waals surface area contributed by atoms with Gasteiger partial charge in [-0.1, -0.05) is 12.1 Å². The van der Waals surface area contributed by atoms with Gasteiger partial charge in [-0.25, -0.2) is 4.99 Å². The maximum atomic E-state index is 12.1. The molecular formula is C18H28F3N3O2S. The molecule has 0 saturated carbocycles. The first kappa shape index (κ1) is 23.3. The molecule has 1 aromatic carbocycles. The molecule has 9 heteroatoms. The Morgan fingerprint density at radius 1 is 1.15 bits per heavy atom. The van der Waals surface area contributed by atoms with Gasteiger partial charge < -0.3 is 15.4 Å². The minimum Gasteiger partial charge on any atom is -0.484 e. The lowest BCUT2D eigenvalue weighted by atomic mass is 10.2. The number of hydrogen-bond acceptors (Lipinski definition) is 3. The van der Waals surface area contributed by atoms with Crippen LogP contribution in [-0.2, 0) is 17.3 Å². The van der Waals surface area contributed by atoms with Gasteiger partial charge in [0.1, 0.15) is 5.75 Å². The summed E-state index contributed by atoms with van der Waals surface area (Å²) < 4.78 is 52.9. The number of ether oxygens (including phenoxy) is 1. The molecule has 0 heterocycles. The lowest BCUT2D eigenvalue weighted by Crippen LogP contribution is -2.40. The second-order valence-corrected chi connectivity index (χ2v) is 9.16. The Labute approximate surface area is 161 Å². The average Bonchev–Trinajstić information content (AvgIpc) is 2.57. The highest BCUT2D eigenvalue weighted by Crippen LogP contribution is 2.19. The van der Waals surface area contributed by atoms with Gasteiger partial charge in [0.2, 0.25) is 0 Å².